The molecule has 2 N–H and O–H groups in total. The predicted octanol–water partition coefficient (Wildman–Crippen LogP) is 3.34. The fraction of sp³-hybridized carbons (Fsp3) is 0.391. The van der Waals surface area contributed by atoms with E-state index in [0.717, 1.165) is 19.4 Å². The first kappa shape index (κ1) is 23.8. The molecule has 2 atom stereocenters. The number of hydrogen-bond donors (Lipinski definition) is 1. The van der Waals surface area contributed by atoms with Gasteiger partial charge in [0.15, 0.2) is 23.1 Å². The molecule has 2 aliphatic rings. The van der Waals surface area contributed by atoms with Gasteiger partial charge in [-0.1, -0.05) is 6.07 Å². The first-order valence-corrected chi connectivity index (χ1v) is 10.4. The molecule has 0 unspecified atom stereocenters. The quantitative estimate of drug-likeness (QED) is 0.735. The zero-order valence-electron chi connectivity index (χ0n) is 18.0. The Morgan fingerprint density at radius 2 is 1.94 bits per heavy atom. The molecular weight excluding hydrogens is 437 g/mol. The molecule has 2 amide bonds. The van der Waals surface area contributed by atoms with Crippen molar-refractivity contribution in [1.29, 1.82) is 0 Å². The average Bonchev–Trinajstić information content (AvgIpc) is 3.26. The zero-order chi connectivity index (χ0) is 22.1. The van der Waals surface area contributed by atoms with E-state index in [0.29, 0.717) is 23.4 Å². The molecule has 0 radical (unpaired) electrons. The molecule has 0 aromatic heterocycles. The largest absolute Gasteiger partial charge is 0.493 e. The van der Waals surface area contributed by atoms with Crippen molar-refractivity contribution in [3.05, 3.63) is 53.3 Å². The van der Waals surface area contributed by atoms with Gasteiger partial charge in [0.05, 0.1) is 7.11 Å². The third-order valence-corrected chi connectivity index (χ3v) is 6.02. The van der Waals surface area contributed by atoms with Crippen molar-refractivity contribution in [2.75, 3.05) is 20.2 Å². The normalized spacial score (nSPS) is 19.9. The highest BCUT2D eigenvalue weighted by Crippen LogP contribution is 2.35. The van der Waals surface area contributed by atoms with E-state index in [1.165, 1.54) is 25.3 Å². The van der Waals surface area contributed by atoms with Crippen LogP contribution in [0.5, 0.6) is 17.2 Å². The highest BCUT2D eigenvalue weighted by molar-refractivity contribution is 5.98. The first-order chi connectivity index (χ1) is 14.9. The van der Waals surface area contributed by atoms with Gasteiger partial charge < -0.3 is 25.0 Å². The van der Waals surface area contributed by atoms with Crippen LogP contribution in [0.4, 0.5) is 4.39 Å². The summed E-state index contributed by atoms with van der Waals surface area (Å²) in [6.07, 6.45) is 1.86. The highest BCUT2D eigenvalue weighted by Gasteiger charge is 2.42. The topological polar surface area (TPSA) is 85.1 Å². The summed E-state index contributed by atoms with van der Waals surface area (Å²) in [6.45, 7) is 3.23. The number of carbonyl (C=O) groups excluding carboxylic acids is 2. The Morgan fingerprint density at radius 1 is 1.19 bits per heavy atom. The molecular formula is C23H27ClFN3O4. The van der Waals surface area contributed by atoms with Gasteiger partial charge >= 0.3 is 0 Å². The van der Waals surface area contributed by atoms with E-state index in [4.69, 9.17) is 15.2 Å². The lowest BCUT2D eigenvalue weighted by Crippen LogP contribution is -2.60. The molecule has 9 heteroatoms. The van der Waals surface area contributed by atoms with Crippen LogP contribution in [0.25, 0.3) is 0 Å². The van der Waals surface area contributed by atoms with Gasteiger partial charge in [0, 0.05) is 31.2 Å². The number of piperazine rings is 1. The number of methoxy groups -OCH3 is 1. The minimum atomic E-state index is -0.557. The Labute approximate surface area is 192 Å². The summed E-state index contributed by atoms with van der Waals surface area (Å²) in [4.78, 5) is 29.4. The van der Waals surface area contributed by atoms with Crippen molar-refractivity contribution in [3.63, 3.8) is 0 Å². The Morgan fingerprint density at radius 3 is 2.62 bits per heavy atom. The fourth-order valence-corrected chi connectivity index (χ4v) is 4.26. The molecule has 0 saturated carbocycles. The number of nitrogens with zero attached hydrogens (tertiary/aromatic N) is 2. The van der Waals surface area contributed by atoms with Gasteiger partial charge in [-0.3, -0.25) is 9.59 Å². The van der Waals surface area contributed by atoms with E-state index in [2.05, 4.69) is 0 Å². The molecule has 2 aromatic rings. The van der Waals surface area contributed by atoms with Crippen LogP contribution < -0.4 is 15.2 Å². The summed E-state index contributed by atoms with van der Waals surface area (Å²) < 4.78 is 25.5. The van der Waals surface area contributed by atoms with Crippen LogP contribution in [-0.4, -0.2) is 53.9 Å². The number of halogens is 2. The van der Waals surface area contributed by atoms with E-state index in [1.807, 2.05) is 4.90 Å². The first-order valence-electron chi connectivity index (χ1n) is 10.4. The second-order valence-corrected chi connectivity index (χ2v) is 7.90. The maximum Gasteiger partial charge on any atom is 0.254 e. The standard InChI is InChI=1S/C23H26FN3O4.ClH/c1-14-22(28)26-9-3-4-17(26)13-27(14)23(29)16-6-8-20(30-2)21(11-16)31-19-7-5-15(12-25)10-18(19)24;/h5-8,10-11,14,17H,3-4,9,12-13,25H2,1-2H3;1H/t14-,17+;/m1./s1. The smallest absolute Gasteiger partial charge is 0.254 e. The summed E-state index contributed by atoms with van der Waals surface area (Å²) in [7, 11) is 1.47. The average molecular weight is 464 g/mol. The molecule has 4 rings (SSSR count). The Hall–Kier alpha value is -2.84. The molecule has 2 aliphatic heterocycles. The van der Waals surface area contributed by atoms with Crippen LogP contribution in [0.15, 0.2) is 36.4 Å². The molecule has 172 valence electrons. The number of rotatable bonds is 5. The second kappa shape index (κ2) is 9.75. The summed E-state index contributed by atoms with van der Waals surface area (Å²) in [5.74, 6) is -0.260. The van der Waals surface area contributed by atoms with Crippen molar-refractivity contribution in [3.8, 4) is 17.2 Å². The van der Waals surface area contributed by atoms with E-state index in [-0.39, 0.29) is 48.3 Å². The third-order valence-electron chi connectivity index (χ3n) is 6.02. The SMILES string of the molecule is COc1ccc(C(=O)N2C[C@@H]3CCCN3C(=O)[C@H]2C)cc1Oc1ccc(CN)cc1F.Cl. The third kappa shape index (κ3) is 4.38. The van der Waals surface area contributed by atoms with Gasteiger partial charge in [-0.2, -0.15) is 0 Å². The fourth-order valence-electron chi connectivity index (χ4n) is 4.26. The number of hydrogen-bond acceptors (Lipinski definition) is 5. The monoisotopic (exact) mass is 463 g/mol. The summed E-state index contributed by atoms with van der Waals surface area (Å²) >= 11 is 0. The minimum absolute atomic E-state index is 0. The van der Waals surface area contributed by atoms with E-state index in [9.17, 15) is 14.0 Å². The number of amides is 2. The molecule has 2 fully saturated rings. The van der Waals surface area contributed by atoms with Gasteiger partial charge in [-0.25, -0.2) is 4.39 Å². The number of carbonyl (C=O) groups is 2. The Kier molecular flexibility index (Phi) is 7.26. The van der Waals surface area contributed by atoms with E-state index in [1.54, 1.807) is 30.0 Å². The highest BCUT2D eigenvalue weighted by atomic mass is 35.5. The van der Waals surface area contributed by atoms with Crippen molar-refractivity contribution < 1.29 is 23.5 Å². The van der Waals surface area contributed by atoms with Crippen LogP contribution in [0, 0.1) is 5.82 Å². The van der Waals surface area contributed by atoms with E-state index >= 15 is 0 Å². The maximum absolute atomic E-state index is 14.4. The lowest BCUT2D eigenvalue weighted by Gasteiger charge is -2.41. The van der Waals surface area contributed by atoms with Gasteiger partial charge in [-0.05, 0) is 55.7 Å². The molecule has 2 saturated heterocycles. The van der Waals surface area contributed by atoms with Crippen LogP contribution in [-0.2, 0) is 11.3 Å². The lowest BCUT2D eigenvalue weighted by atomic mass is 10.0. The Balaban J connectivity index is 0.00000289. The summed E-state index contributed by atoms with van der Waals surface area (Å²) in [5.41, 5.74) is 6.54. The molecule has 0 aliphatic carbocycles. The zero-order valence-corrected chi connectivity index (χ0v) is 18.9. The van der Waals surface area contributed by atoms with Gasteiger partial charge in [-0.15, -0.1) is 12.4 Å². The number of fused-ring (bicyclic) bond motifs is 1. The van der Waals surface area contributed by atoms with Gasteiger partial charge in [0.2, 0.25) is 5.91 Å². The number of benzene rings is 2. The molecule has 2 heterocycles. The second-order valence-electron chi connectivity index (χ2n) is 7.90. The Bertz CT molecular complexity index is 1020. The van der Waals surface area contributed by atoms with Crippen molar-refractivity contribution >= 4 is 24.2 Å². The molecule has 7 nitrogen and oxygen atoms in total. The number of ether oxygens (including phenoxy) is 2. The molecule has 2 aromatic carbocycles. The minimum Gasteiger partial charge on any atom is -0.493 e. The summed E-state index contributed by atoms with van der Waals surface area (Å²) in [6, 6.07) is 8.76. The molecule has 0 spiro atoms. The lowest BCUT2D eigenvalue weighted by molar-refractivity contribution is -0.141. The van der Waals surface area contributed by atoms with Gasteiger partial charge in [0.25, 0.3) is 5.91 Å². The van der Waals surface area contributed by atoms with Crippen LogP contribution in [0.1, 0.15) is 35.7 Å². The van der Waals surface area contributed by atoms with Crippen LogP contribution >= 0.6 is 12.4 Å². The maximum atomic E-state index is 14.4. The summed E-state index contributed by atoms with van der Waals surface area (Å²) in [5, 5.41) is 0. The van der Waals surface area contributed by atoms with Crippen molar-refractivity contribution in [2.45, 2.75) is 38.4 Å². The molecule has 0 bridgehead atoms. The van der Waals surface area contributed by atoms with Crippen molar-refractivity contribution in [1.82, 2.24) is 9.80 Å². The van der Waals surface area contributed by atoms with Crippen LogP contribution in [0.2, 0.25) is 0 Å². The van der Waals surface area contributed by atoms with E-state index < -0.39 is 11.9 Å². The predicted molar refractivity (Wildman–Crippen MR) is 120 cm³/mol. The molecule has 32 heavy (non-hydrogen) atoms. The van der Waals surface area contributed by atoms with Crippen LogP contribution in [0.3, 0.4) is 0 Å². The van der Waals surface area contributed by atoms with Gasteiger partial charge in [0.1, 0.15) is 6.04 Å². The number of nitrogens with two attached hydrogens (primary N) is 1. The van der Waals surface area contributed by atoms with Crippen molar-refractivity contribution in [2.24, 2.45) is 5.73 Å².